The fourth-order valence-corrected chi connectivity index (χ4v) is 3.20. The number of hydrogen-bond donors (Lipinski definition) is 1. The molecule has 0 aliphatic carbocycles. The lowest BCUT2D eigenvalue weighted by molar-refractivity contribution is -0.137. The summed E-state index contributed by atoms with van der Waals surface area (Å²) in [7, 11) is 0. The minimum absolute atomic E-state index is 0.182. The molecule has 1 N–H and O–H groups in total. The lowest BCUT2D eigenvalue weighted by atomic mass is 10.1. The smallest absolute Gasteiger partial charge is 0.338 e. The Hall–Kier alpha value is -3.17. The Bertz CT molecular complexity index is 1050. The standard InChI is InChI=1S/C19H18F4N6/c1-2-6-28-11-15-17(27-18(28)20)26-16(25-15)13-8-24-29(10-13)9-12-4-3-5-14(7-12)19(21,22)23/h3-5,7-8,10H,2,6,9,11H2,1H3,(H,25,26). The average molecular weight is 406 g/mol. The molecule has 0 amide bonds. The summed E-state index contributed by atoms with van der Waals surface area (Å²) in [4.78, 5) is 12.9. The van der Waals surface area contributed by atoms with E-state index in [1.54, 1.807) is 18.5 Å². The van der Waals surface area contributed by atoms with E-state index in [2.05, 4.69) is 20.1 Å². The number of amidine groups is 1. The summed E-state index contributed by atoms with van der Waals surface area (Å²) >= 11 is 0. The van der Waals surface area contributed by atoms with Crippen LogP contribution in [0.4, 0.5) is 23.4 Å². The van der Waals surface area contributed by atoms with E-state index in [1.807, 2.05) is 6.92 Å². The van der Waals surface area contributed by atoms with Crippen LogP contribution in [0.3, 0.4) is 0 Å². The number of alkyl halides is 3. The van der Waals surface area contributed by atoms with Crippen molar-refractivity contribution in [2.75, 3.05) is 6.54 Å². The van der Waals surface area contributed by atoms with E-state index in [-0.39, 0.29) is 6.54 Å². The van der Waals surface area contributed by atoms with Gasteiger partial charge < -0.3 is 9.88 Å². The summed E-state index contributed by atoms with van der Waals surface area (Å²) in [5.74, 6) is 0.788. The quantitative estimate of drug-likeness (QED) is 0.501. The number of imidazole rings is 1. The second-order valence-electron chi connectivity index (χ2n) is 6.81. The van der Waals surface area contributed by atoms with Crippen LogP contribution in [0, 0.1) is 0 Å². The van der Waals surface area contributed by atoms with Crippen molar-refractivity contribution in [3.05, 3.63) is 53.5 Å². The first-order valence-corrected chi connectivity index (χ1v) is 9.10. The number of halogens is 4. The van der Waals surface area contributed by atoms with Gasteiger partial charge in [-0.25, -0.2) is 4.98 Å². The van der Waals surface area contributed by atoms with Gasteiger partial charge in [0.25, 0.3) is 6.09 Å². The minimum Gasteiger partial charge on any atom is -0.338 e. The minimum atomic E-state index is -4.39. The van der Waals surface area contributed by atoms with Crippen molar-refractivity contribution in [1.29, 1.82) is 0 Å². The van der Waals surface area contributed by atoms with Gasteiger partial charge in [0, 0.05) is 12.7 Å². The maximum atomic E-state index is 14.0. The molecule has 0 radical (unpaired) electrons. The largest absolute Gasteiger partial charge is 0.416 e. The molecule has 6 nitrogen and oxygen atoms in total. The molecule has 0 saturated heterocycles. The summed E-state index contributed by atoms with van der Waals surface area (Å²) in [5.41, 5.74) is 1.14. The maximum absolute atomic E-state index is 14.0. The van der Waals surface area contributed by atoms with Crippen molar-refractivity contribution in [3.8, 4) is 11.4 Å². The van der Waals surface area contributed by atoms with Crippen molar-refractivity contribution in [2.45, 2.75) is 32.6 Å². The Morgan fingerprint density at radius 3 is 2.83 bits per heavy atom. The van der Waals surface area contributed by atoms with Gasteiger partial charge in [-0.05, 0) is 24.1 Å². The molecule has 0 fully saturated rings. The second-order valence-corrected chi connectivity index (χ2v) is 6.81. The molecule has 1 aliphatic heterocycles. The molecule has 152 valence electrons. The van der Waals surface area contributed by atoms with Crippen LogP contribution in [-0.2, 0) is 19.3 Å². The molecule has 10 heteroatoms. The van der Waals surface area contributed by atoms with E-state index < -0.39 is 17.8 Å². The monoisotopic (exact) mass is 406 g/mol. The molecule has 3 heterocycles. The zero-order valence-corrected chi connectivity index (χ0v) is 15.5. The van der Waals surface area contributed by atoms with Gasteiger partial charge in [-0.3, -0.25) is 4.68 Å². The maximum Gasteiger partial charge on any atom is 0.416 e. The summed E-state index contributed by atoms with van der Waals surface area (Å²) in [6, 6.07) is 5.12. The second kappa shape index (κ2) is 7.34. The fourth-order valence-electron chi connectivity index (χ4n) is 3.20. The molecule has 4 rings (SSSR count). The highest BCUT2D eigenvalue weighted by Gasteiger charge is 2.30. The normalized spacial score (nSPS) is 14.1. The van der Waals surface area contributed by atoms with Crippen LogP contribution in [-0.4, -0.2) is 37.3 Å². The van der Waals surface area contributed by atoms with E-state index in [0.29, 0.717) is 41.6 Å². The lowest BCUT2D eigenvalue weighted by Gasteiger charge is -2.22. The zero-order chi connectivity index (χ0) is 20.6. The van der Waals surface area contributed by atoms with Crippen molar-refractivity contribution in [2.24, 2.45) is 4.99 Å². The van der Waals surface area contributed by atoms with Gasteiger partial charge in [0.1, 0.15) is 5.82 Å². The highest BCUT2D eigenvalue weighted by molar-refractivity contribution is 5.78. The summed E-state index contributed by atoms with van der Waals surface area (Å²) in [6.07, 6.45) is -0.921. The number of aromatic amines is 1. The number of nitrogens with one attached hydrogen (secondary N) is 1. The van der Waals surface area contributed by atoms with Crippen molar-refractivity contribution >= 4 is 11.9 Å². The number of aromatic nitrogens is 4. The van der Waals surface area contributed by atoms with Gasteiger partial charge in [0.2, 0.25) is 0 Å². The predicted molar refractivity (Wildman–Crippen MR) is 99.3 cm³/mol. The van der Waals surface area contributed by atoms with E-state index in [9.17, 15) is 17.6 Å². The van der Waals surface area contributed by atoms with Crippen molar-refractivity contribution in [3.63, 3.8) is 0 Å². The van der Waals surface area contributed by atoms with E-state index in [1.165, 1.54) is 15.6 Å². The summed E-state index contributed by atoms with van der Waals surface area (Å²) < 4.78 is 54.2. The van der Waals surface area contributed by atoms with Crippen molar-refractivity contribution < 1.29 is 17.6 Å². The van der Waals surface area contributed by atoms with Crippen LogP contribution >= 0.6 is 0 Å². The van der Waals surface area contributed by atoms with Crippen LogP contribution in [0.1, 0.15) is 30.2 Å². The van der Waals surface area contributed by atoms with Gasteiger partial charge in [-0.2, -0.15) is 27.7 Å². The third-order valence-electron chi connectivity index (χ3n) is 4.56. The van der Waals surface area contributed by atoms with E-state index >= 15 is 0 Å². The number of benzene rings is 1. The molecule has 2 aromatic heterocycles. The highest BCUT2D eigenvalue weighted by atomic mass is 19.4. The number of nitrogens with zero attached hydrogens (tertiary/aromatic N) is 5. The molecule has 3 aromatic rings. The molecule has 0 unspecified atom stereocenters. The molecular weight excluding hydrogens is 388 g/mol. The van der Waals surface area contributed by atoms with Gasteiger partial charge >= 0.3 is 6.18 Å². The van der Waals surface area contributed by atoms with Crippen LogP contribution in [0.25, 0.3) is 11.4 Å². The average Bonchev–Trinajstić information content (AvgIpc) is 3.28. The topological polar surface area (TPSA) is 62.1 Å². The Morgan fingerprint density at radius 2 is 2.07 bits per heavy atom. The molecule has 0 atom stereocenters. The van der Waals surface area contributed by atoms with Gasteiger partial charge in [0.05, 0.1) is 36.1 Å². The Kier molecular flexibility index (Phi) is 4.85. The predicted octanol–water partition coefficient (Wildman–Crippen LogP) is 4.52. The first kappa shape index (κ1) is 19.2. The third-order valence-corrected chi connectivity index (χ3v) is 4.56. The Labute approximate surface area is 163 Å². The SMILES string of the molecule is CCCN1Cc2[nH]c(-c3cnn(Cc4cccc(C(F)(F)F)c4)c3)nc2N=C1F. The van der Waals surface area contributed by atoms with Crippen LogP contribution in [0.2, 0.25) is 0 Å². The molecule has 29 heavy (non-hydrogen) atoms. The lowest BCUT2D eigenvalue weighted by Crippen LogP contribution is -2.30. The fraction of sp³-hybridized carbons (Fsp3) is 0.316. The molecule has 1 aromatic carbocycles. The number of fused-ring (bicyclic) bond motifs is 1. The molecule has 0 bridgehead atoms. The van der Waals surface area contributed by atoms with Crippen LogP contribution < -0.4 is 0 Å². The number of rotatable bonds is 5. The van der Waals surface area contributed by atoms with Crippen LogP contribution in [0.5, 0.6) is 0 Å². The number of aliphatic imine (C=N–C) groups is 1. The number of H-pyrrole nitrogens is 1. The molecule has 1 aliphatic rings. The van der Waals surface area contributed by atoms with Crippen molar-refractivity contribution in [1.82, 2.24) is 24.6 Å². The van der Waals surface area contributed by atoms with Gasteiger partial charge in [0.15, 0.2) is 5.82 Å². The Balaban J connectivity index is 1.53. The summed E-state index contributed by atoms with van der Waals surface area (Å²) in [5, 5.41) is 4.20. The van der Waals surface area contributed by atoms with Gasteiger partial charge in [-0.15, -0.1) is 0 Å². The molecular formula is C19H18F4N6. The Morgan fingerprint density at radius 1 is 1.24 bits per heavy atom. The molecule has 0 spiro atoms. The van der Waals surface area contributed by atoms with E-state index in [4.69, 9.17) is 0 Å². The summed E-state index contributed by atoms with van der Waals surface area (Å²) in [6.45, 7) is 3.04. The van der Waals surface area contributed by atoms with Crippen LogP contribution in [0.15, 0.2) is 41.7 Å². The van der Waals surface area contributed by atoms with Gasteiger partial charge in [-0.1, -0.05) is 19.1 Å². The number of hydrogen-bond acceptors (Lipinski definition) is 4. The molecule has 0 saturated carbocycles. The highest BCUT2D eigenvalue weighted by Crippen LogP contribution is 2.30. The van der Waals surface area contributed by atoms with E-state index in [0.717, 1.165) is 18.6 Å². The first-order valence-electron chi connectivity index (χ1n) is 9.10. The zero-order valence-electron chi connectivity index (χ0n) is 15.5. The third kappa shape index (κ3) is 4.01. The first-order chi connectivity index (χ1) is 13.8.